The Bertz CT molecular complexity index is 660. The van der Waals surface area contributed by atoms with Crippen molar-refractivity contribution in [3.63, 3.8) is 0 Å². The Morgan fingerprint density at radius 3 is 2.19 bits per heavy atom. The van der Waals surface area contributed by atoms with Gasteiger partial charge in [0.1, 0.15) is 5.75 Å². The number of benzene rings is 2. The van der Waals surface area contributed by atoms with Crippen molar-refractivity contribution in [3.05, 3.63) is 72.3 Å². The Morgan fingerprint density at radius 2 is 1.62 bits per heavy atom. The second kappa shape index (κ2) is 6.52. The number of methoxy groups -OCH3 is 1. The highest BCUT2D eigenvalue weighted by molar-refractivity contribution is 6.28. The van der Waals surface area contributed by atoms with Gasteiger partial charge in [0.2, 0.25) is 0 Å². The summed E-state index contributed by atoms with van der Waals surface area (Å²) < 4.78 is 5.02. The number of rotatable bonds is 5. The third-order valence-corrected chi connectivity index (χ3v) is 2.93. The van der Waals surface area contributed by atoms with Gasteiger partial charge in [-0.2, -0.15) is 0 Å². The number of nitrogens with one attached hydrogen (secondary N) is 1. The summed E-state index contributed by atoms with van der Waals surface area (Å²) in [6, 6.07) is 15.4. The van der Waals surface area contributed by atoms with Crippen molar-refractivity contribution < 1.29 is 14.3 Å². The Kier molecular flexibility index (Phi) is 4.51. The lowest BCUT2D eigenvalue weighted by atomic mass is 10.0. The van der Waals surface area contributed by atoms with Gasteiger partial charge < -0.3 is 10.1 Å². The average molecular weight is 281 g/mol. The lowest BCUT2D eigenvalue weighted by molar-refractivity contribution is -0.112. The first kappa shape index (κ1) is 14.5. The van der Waals surface area contributed by atoms with E-state index in [1.807, 2.05) is 6.07 Å². The molecule has 0 fully saturated rings. The molecule has 2 aromatic rings. The largest absolute Gasteiger partial charge is 0.497 e. The summed E-state index contributed by atoms with van der Waals surface area (Å²) in [5, 5.41) is 2.63. The van der Waals surface area contributed by atoms with E-state index in [2.05, 4.69) is 11.9 Å². The average Bonchev–Trinajstić information content (AvgIpc) is 2.54. The fourth-order valence-electron chi connectivity index (χ4n) is 1.75. The molecule has 0 aromatic heterocycles. The molecule has 0 bridgehead atoms. The van der Waals surface area contributed by atoms with Gasteiger partial charge in [-0.15, -0.1) is 0 Å². The Labute approximate surface area is 123 Å². The molecule has 1 amide bonds. The van der Waals surface area contributed by atoms with Gasteiger partial charge in [-0.25, -0.2) is 0 Å². The van der Waals surface area contributed by atoms with Gasteiger partial charge >= 0.3 is 0 Å². The summed E-state index contributed by atoms with van der Waals surface area (Å²) in [5.74, 6) is -0.279. The van der Waals surface area contributed by atoms with E-state index in [-0.39, 0.29) is 5.57 Å². The fraction of sp³-hybridized carbons (Fsp3) is 0.0588. The number of carbonyl (C=O) groups is 2. The van der Waals surface area contributed by atoms with Crippen LogP contribution in [0.1, 0.15) is 10.4 Å². The number of anilines is 1. The van der Waals surface area contributed by atoms with Crippen molar-refractivity contribution in [3.8, 4) is 5.75 Å². The maximum absolute atomic E-state index is 12.2. The SMILES string of the molecule is C=C(C(=O)Nc1ccccc1)C(=O)c1ccc(OC)cc1. The van der Waals surface area contributed by atoms with Crippen LogP contribution in [0.3, 0.4) is 0 Å². The van der Waals surface area contributed by atoms with E-state index < -0.39 is 11.7 Å². The van der Waals surface area contributed by atoms with Crippen LogP contribution in [0.15, 0.2) is 66.7 Å². The topological polar surface area (TPSA) is 55.4 Å². The zero-order valence-electron chi connectivity index (χ0n) is 11.6. The van der Waals surface area contributed by atoms with E-state index in [4.69, 9.17) is 4.74 Å². The maximum atomic E-state index is 12.2. The zero-order valence-corrected chi connectivity index (χ0v) is 11.6. The first-order valence-corrected chi connectivity index (χ1v) is 6.36. The first-order chi connectivity index (χ1) is 10.1. The Morgan fingerprint density at radius 1 is 1.00 bits per heavy atom. The summed E-state index contributed by atoms with van der Waals surface area (Å²) in [7, 11) is 1.54. The predicted molar refractivity (Wildman–Crippen MR) is 81.5 cm³/mol. The second-order valence-corrected chi connectivity index (χ2v) is 4.36. The molecule has 4 heteroatoms. The van der Waals surface area contributed by atoms with Gasteiger partial charge in [-0.1, -0.05) is 24.8 Å². The summed E-state index contributed by atoms with van der Waals surface area (Å²) in [4.78, 5) is 24.2. The van der Waals surface area contributed by atoms with Gasteiger partial charge in [-0.05, 0) is 36.4 Å². The second-order valence-electron chi connectivity index (χ2n) is 4.36. The molecule has 0 saturated heterocycles. The standard InChI is InChI=1S/C17H15NO3/c1-12(17(20)18-14-6-4-3-5-7-14)16(19)13-8-10-15(21-2)11-9-13/h3-11H,1H2,2H3,(H,18,20). The molecule has 0 heterocycles. The molecule has 0 aliphatic carbocycles. The van der Waals surface area contributed by atoms with E-state index in [9.17, 15) is 9.59 Å². The minimum Gasteiger partial charge on any atom is -0.497 e. The van der Waals surface area contributed by atoms with Crippen LogP contribution in [0.25, 0.3) is 0 Å². The maximum Gasteiger partial charge on any atom is 0.259 e. The molecule has 0 spiro atoms. The summed E-state index contributed by atoms with van der Waals surface area (Å²) >= 11 is 0. The number of hydrogen-bond acceptors (Lipinski definition) is 3. The Balaban J connectivity index is 2.07. The summed E-state index contributed by atoms with van der Waals surface area (Å²) in [5.41, 5.74) is 0.902. The van der Waals surface area contributed by atoms with Crippen LogP contribution >= 0.6 is 0 Å². The third-order valence-electron chi connectivity index (χ3n) is 2.93. The van der Waals surface area contributed by atoms with Gasteiger partial charge in [0.15, 0.2) is 5.78 Å². The highest BCUT2D eigenvalue weighted by Gasteiger charge is 2.17. The number of carbonyl (C=O) groups excluding carboxylic acids is 2. The molecule has 0 atom stereocenters. The van der Waals surface area contributed by atoms with Crippen molar-refractivity contribution in [2.45, 2.75) is 0 Å². The van der Waals surface area contributed by atoms with E-state index in [0.29, 0.717) is 17.0 Å². The number of para-hydroxylation sites is 1. The van der Waals surface area contributed by atoms with Crippen LogP contribution in [0.2, 0.25) is 0 Å². The number of Topliss-reactive ketones (excluding diaryl/α,β-unsaturated/α-hetero) is 1. The fourth-order valence-corrected chi connectivity index (χ4v) is 1.75. The van der Waals surface area contributed by atoms with Crippen molar-refractivity contribution in [2.24, 2.45) is 0 Å². The van der Waals surface area contributed by atoms with Crippen molar-refractivity contribution in [1.29, 1.82) is 0 Å². The Hall–Kier alpha value is -2.88. The highest BCUT2D eigenvalue weighted by atomic mass is 16.5. The van der Waals surface area contributed by atoms with Crippen LogP contribution in [0, 0.1) is 0 Å². The minimum absolute atomic E-state index is 0.107. The number of ether oxygens (including phenoxy) is 1. The van der Waals surface area contributed by atoms with Crippen molar-refractivity contribution in [2.75, 3.05) is 12.4 Å². The third kappa shape index (κ3) is 3.57. The smallest absolute Gasteiger partial charge is 0.259 e. The lowest BCUT2D eigenvalue weighted by Gasteiger charge is -2.07. The van der Waals surface area contributed by atoms with Gasteiger partial charge in [0.05, 0.1) is 12.7 Å². The molecule has 0 radical (unpaired) electrons. The summed E-state index contributed by atoms with van der Waals surface area (Å²) in [6.07, 6.45) is 0. The predicted octanol–water partition coefficient (Wildman–Crippen LogP) is 3.07. The quantitative estimate of drug-likeness (QED) is 0.396. The lowest BCUT2D eigenvalue weighted by Crippen LogP contribution is -2.19. The molecule has 0 aliphatic heterocycles. The van der Waals surface area contributed by atoms with Crippen LogP contribution in [-0.4, -0.2) is 18.8 Å². The molecular weight excluding hydrogens is 266 g/mol. The highest BCUT2D eigenvalue weighted by Crippen LogP contribution is 2.15. The molecule has 2 rings (SSSR count). The van der Waals surface area contributed by atoms with Crippen LogP contribution < -0.4 is 10.1 Å². The molecule has 21 heavy (non-hydrogen) atoms. The van der Waals surface area contributed by atoms with Crippen LogP contribution in [0.5, 0.6) is 5.75 Å². The number of amides is 1. The molecule has 106 valence electrons. The molecule has 0 unspecified atom stereocenters. The monoisotopic (exact) mass is 281 g/mol. The molecular formula is C17H15NO3. The first-order valence-electron chi connectivity index (χ1n) is 6.36. The zero-order chi connectivity index (χ0) is 15.2. The van der Waals surface area contributed by atoms with Gasteiger partial charge in [0.25, 0.3) is 5.91 Å². The normalized spacial score (nSPS) is 9.76. The van der Waals surface area contributed by atoms with Crippen LogP contribution in [-0.2, 0) is 4.79 Å². The van der Waals surface area contributed by atoms with E-state index in [1.165, 1.54) is 0 Å². The molecule has 0 saturated carbocycles. The molecule has 4 nitrogen and oxygen atoms in total. The molecule has 2 aromatic carbocycles. The van der Waals surface area contributed by atoms with Crippen molar-refractivity contribution >= 4 is 17.4 Å². The number of ketones is 1. The van der Waals surface area contributed by atoms with E-state index >= 15 is 0 Å². The van der Waals surface area contributed by atoms with Crippen molar-refractivity contribution in [1.82, 2.24) is 0 Å². The van der Waals surface area contributed by atoms with Gasteiger partial charge in [0, 0.05) is 11.3 Å². The molecule has 1 N–H and O–H groups in total. The van der Waals surface area contributed by atoms with Gasteiger partial charge in [-0.3, -0.25) is 9.59 Å². The van der Waals surface area contributed by atoms with E-state index in [0.717, 1.165) is 0 Å². The molecule has 0 aliphatic rings. The summed E-state index contributed by atoms with van der Waals surface area (Å²) in [6.45, 7) is 3.58. The van der Waals surface area contributed by atoms with Crippen LogP contribution in [0.4, 0.5) is 5.69 Å². The van der Waals surface area contributed by atoms with E-state index in [1.54, 1.807) is 55.6 Å². The number of hydrogen-bond donors (Lipinski definition) is 1. The minimum atomic E-state index is -0.512.